The van der Waals surface area contributed by atoms with Crippen LogP contribution in [0, 0.1) is 0 Å². The third kappa shape index (κ3) is 2.25. The number of rotatable bonds is 1. The summed E-state index contributed by atoms with van der Waals surface area (Å²) in [5, 5.41) is 0. The lowest BCUT2D eigenvalue weighted by atomic mass is 10.8. The van der Waals surface area contributed by atoms with Gasteiger partial charge in [-0.15, -0.1) is 0 Å². The highest BCUT2D eigenvalue weighted by Crippen LogP contribution is 2.05. The van der Waals surface area contributed by atoms with Crippen LogP contribution in [0.15, 0.2) is 11.3 Å². The molecule has 0 heterocycles. The van der Waals surface area contributed by atoms with E-state index in [4.69, 9.17) is 22.7 Å². The van der Waals surface area contributed by atoms with E-state index in [0.717, 1.165) is 0 Å². The van der Waals surface area contributed by atoms with Crippen LogP contribution in [0.5, 0.6) is 0 Å². The van der Waals surface area contributed by atoms with Gasteiger partial charge in [0.25, 0.3) is 0 Å². The molecule has 0 rings (SSSR count). The quantitative estimate of drug-likeness (QED) is 0.317. The van der Waals surface area contributed by atoms with E-state index in [9.17, 15) is 0 Å². The third-order valence-electron chi connectivity index (χ3n) is 0.467. The monoisotopic (exact) mass is 120 g/mol. The van der Waals surface area contributed by atoms with Crippen molar-refractivity contribution in [3.05, 3.63) is 11.3 Å². The van der Waals surface area contributed by atoms with E-state index in [2.05, 4.69) is 0 Å². The number of nitrogens with two attached hydrogens (primary N) is 4. The zero-order valence-corrected chi connectivity index (χ0v) is 4.81. The molecule has 1 unspecified atom stereocenters. The highest BCUT2D eigenvalue weighted by molar-refractivity contribution is 7.40. The van der Waals surface area contributed by atoms with Crippen molar-refractivity contribution in [3.8, 4) is 0 Å². The molecule has 0 fully saturated rings. The minimum absolute atomic E-state index is 0.0193. The van der Waals surface area contributed by atoms with E-state index in [1.165, 1.54) is 0 Å². The molecule has 0 saturated carbocycles. The lowest BCUT2D eigenvalue weighted by molar-refractivity contribution is 1.20. The Balaban J connectivity index is 3.72. The van der Waals surface area contributed by atoms with Gasteiger partial charge in [-0.2, -0.15) is 0 Å². The first kappa shape index (κ1) is 6.53. The van der Waals surface area contributed by atoms with Gasteiger partial charge in [0, 0.05) is 0 Å². The Morgan fingerprint density at radius 1 is 1.14 bits per heavy atom. The molecule has 0 amide bonds. The van der Waals surface area contributed by atoms with Crippen LogP contribution in [-0.4, -0.2) is 0 Å². The van der Waals surface area contributed by atoms with Crippen LogP contribution < -0.4 is 22.7 Å². The summed E-state index contributed by atoms with van der Waals surface area (Å²) in [6.07, 6.45) is 0. The molecule has 0 aliphatic rings. The van der Waals surface area contributed by atoms with Crippen LogP contribution in [0.2, 0.25) is 0 Å². The molecule has 5 heteroatoms. The van der Waals surface area contributed by atoms with Crippen LogP contribution in [0.25, 0.3) is 0 Å². The summed E-state index contributed by atoms with van der Waals surface area (Å²) in [6.45, 7) is 0. The molecule has 0 saturated heterocycles. The van der Waals surface area contributed by atoms with Gasteiger partial charge in [-0.1, -0.05) is 0 Å². The van der Waals surface area contributed by atoms with Crippen molar-refractivity contribution in [3.63, 3.8) is 0 Å². The summed E-state index contributed by atoms with van der Waals surface area (Å²) in [7, 11) is 0.0193. The third-order valence-corrected chi connectivity index (χ3v) is 1.07. The largest absolute Gasteiger partial charge is 0.395 e. The van der Waals surface area contributed by atoms with Crippen LogP contribution in [0.1, 0.15) is 0 Å². The minimum atomic E-state index is 0.0193. The molecule has 0 radical (unpaired) electrons. The minimum Gasteiger partial charge on any atom is -0.395 e. The summed E-state index contributed by atoms with van der Waals surface area (Å²) in [4.78, 5) is 0. The van der Waals surface area contributed by atoms with Gasteiger partial charge in [-0.3, -0.25) is 0 Å². The Hall–Kier alpha value is -0.470. The van der Waals surface area contributed by atoms with Gasteiger partial charge in [0.15, 0.2) is 0 Å². The van der Waals surface area contributed by atoms with E-state index in [0.29, 0.717) is 5.44 Å². The standard InChI is InChI=1S/C2H9N4P/c3-1(4)2(5)7-6/h7H,3-6H2. The molecule has 0 aromatic carbocycles. The van der Waals surface area contributed by atoms with Gasteiger partial charge in [0.2, 0.25) is 0 Å². The first-order valence-electron chi connectivity index (χ1n) is 1.65. The van der Waals surface area contributed by atoms with Crippen LogP contribution in [-0.2, 0) is 0 Å². The number of hydrogen-bond acceptors (Lipinski definition) is 4. The lowest BCUT2D eigenvalue weighted by Crippen LogP contribution is -2.15. The van der Waals surface area contributed by atoms with Gasteiger partial charge >= 0.3 is 0 Å². The van der Waals surface area contributed by atoms with E-state index in [1.54, 1.807) is 0 Å². The highest BCUT2D eigenvalue weighted by atomic mass is 31.1. The molecular formula is C2H9N4P. The second-order valence-electron chi connectivity index (χ2n) is 1.01. The van der Waals surface area contributed by atoms with Gasteiger partial charge in [-0.05, 0) is 8.73 Å². The molecule has 0 aliphatic heterocycles. The van der Waals surface area contributed by atoms with Gasteiger partial charge in [-0.25, -0.2) is 0 Å². The zero-order valence-electron chi connectivity index (χ0n) is 3.81. The fourth-order valence-electron chi connectivity index (χ4n) is 0.0833. The second kappa shape index (κ2) is 2.66. The molecule has 0 bridgehead atoms. The highest BCUT2D eigenvalue weighted by Gasteiger charge is 1.85. The van der Waals surface area contributed by atoms with Crippen molar-refractivity contribution in [2.75, 3.05) is 0 Å². The van der Waals surface area contributed by atoms with Gasteiger partial charge in [0.05, 0.1) is 5.44 Å². The average molecular weight is 120 g/mol. The van der Waals surface area contributed by atoms with Gasteiger partial charge < -0.3 is 22.7 Å². The summed E-state index contributed by atoms with van der Waals surface area (Å²) in [5.41, 5.74) is 20.6. The second-order valence-corrected chi connectivity index (χ2v) is 1.84. The molecule has 4 nitrogen and oxygen atoms in total. The Bertz CT molecular complexity index is 83.7. The van der Waals surface area contributed by atoms with Crippen molar-refractivity contribution in [2.24, 2.45) is 22.7 Å². The van der Waals surface area contributed by atoms with E-state index in [1.807, 2.05) is 0 Å². The maximum atomic E-state index is 5.13. The van der Waals surface area contributed by atoms with Crippen molar-refractivity contribution in [1.82, 2.24) is 0 Å². The smallest absolute Gasteiger partial charge is 0.118 e. The normalized spacial score (nSPS) is 9.86. The molecule has 0 spiro atoms. The first-order chi connectivity index (χ1) is 3.18. The molecular weight excluding hydrogens is 111 g/mol. The van der Waals surface area contributed by atoms with Crippen molar-refractivity contribution < 1.29 is 0 Å². The summed E-state index contributed by atoms with van der Waals surface area (Å²) in [5.74, 6) is 0.126. The molecule has 1 atom stereocenters. The molecule has 7 heavy (non-hydrogen) atoms. The molecule has 0 aromatic rings. The van der Waals surface area contributed by atoms with Crippen molar-refractivity contribution in [1.29, 1.82) is 0 Å². The van der Waals surface area contributed by atoms with Crippen LogP contribution in [0.3, 0.4) is 0 Å². The van der Waals surface area contributed by atoms with Crippen molar-refractivity contribution >= 4 is 8.73 Å². The topological polar surface area (TPSA) is 104 Å². The Labute approximate surface area is 43.7 Å². The predicted octanol–water partition coefficient (Wildman–Crippen LogP) is -1.46. The average Bonchev–Trinajstić information content (AvgIpc) is 1.65. The van der Waals surface area contributed by atoms with E-state index < -0.39 is 0 Å². The Morgan fingerprint density at radius 2 is 1.57 bits per heavy atom. The van der Waals surface area contributed by atoms with Gasteiger partial charge in [0.1, 0.15) is 5.82 Å². The maximum Gasteiger partial charge on any atom is 0.118 e. The molecule has 42 valence electrons. The Kier molecular flexibility index (Phi) is 2.48. The fraction of sp³-hybridized carbons (Fsp3) is 0. The maximum absolute atomic E-state index is 5.13. The van der Waals surface area contributed by atoms with Crippen LogP contribution >= 0.6 is 8.73 Å². The SMILES string of the molecule is NPC(N)=C(N)N. The van der Waals surface area contributed by atoms with E-state index >= 15 is 0 Å². The lowest BCUT2D eigenvalue weighted by Gasteiger charge is -1.95. The molecule has 0 aromatic heterocycles. The van der Waals surface area contributed by atoms with Crippen molar-refractivity contribution in [2.45, 2.75) is 0 Å². The Morgan fingerprint density at radius 3 is 1.57 bits per heavy atom. The number of hydrogen-bond donors (Lipinski definition) is 4. The predicted molar refractivity (Wildman–Crippen MR) is 32.1 cm³/mol. The molecule has 0 aliphatic carbocycles. The summed E-state index contributed by atoms with van der Waals surface area (Å²) >= 11 is 0. The summed E-state index contributed by atoms with van der Waals surface area (Å²) < 4.78 is 0. The fourth-order valence-corrected chi connectivity index (χ4v) is 0.250. The zero-order chi connectivity index (χ0) is 5.86. The first-order valence-corrected chi connectivity index (χ1v) is 2.73. The summed E-state index contributed by atoms with van der Waals surface area (Å²) in [6, 6.07) is 0. The van der Waals surface area contributed by atoms with E-state index in [-0.39, 0.29) is 14.6 Å². The molecule has 8 N–H and O–H groups in total. The van der Waals surface area contributed by atoms with Crippen LogP contribution in [0.4, 0.5) is 0 Å².